The van der Waals surface area contributed by atoms with Gasteiger partial charge >= 0.3 is 0 Å². The summed E-state index contributed by atoms with van der Waals surface area (Å²) >= 11 is 5.15. The summed E-state index contributed by atoms with van der Waals surface area (Å²) in [7, 11) is 1.96. The third-order valence-electron chi connectivity index (χ3n) is 2.74. The van der Waals surface area contributed by atoms with Crippen LogP contribution in [-0.2, 0) is 7.05 Å². The average Bonchev–Trinajstić information content (AvgIpc) is 2.63. The first-order valence-electron chi connectivity index (χ1n) is 5.58. The Balaban J connectivity index is 2.27. The fourth-order valence-corrected chi connectivity index (χ4v) is 2.94. The minimum absolute atomic E-state index is 0.0393. The molecule has 18 heavy (non-hydrogen) atoms. The minimum Gasteiger partial charge on any atom is -0.324 e. The summed E-state index contributed by atoms with van der Waals surface area (Å²) in [4.78, 5) is 1.11. The van der Waals surface area contributed by atoms with Crippen LogP contribution >= 0.6 is 27.7 Å². The molecule has 96 valence electrons. The van der Waals surface area contributed by atoms with Gasteiger partial charge in [0.1, 0.15) is 5.82 Å². The second-order valence-electron chi connectivity index (χ2n) is 4.17. The molecule has 2 N–H and O–H groups in total. The molecule has 0 aliphatic carbocycles. The largest absolute Gasteiger partial charge is 0.324 e. The first-order chi connectivity index (χ1) is 8.49. The van der Waals surface area contributed by atoms with Gasteiger partial charge in [0.15, 0.2) is 5.16 Å². The van der Waals surface area contributed by atoms with E-state index in [0.29, 0.717) is 0 Å². The van der Waals surface area contributed by atoms with Gasteiger partial charge in [0.25, 0.3) is 0 Å². The van der Waals surface area contributed by atoms with Gasteiger partial charge in [-0.1, -0.05) is 6.07 Å². The third-order valence-corrected chi connectivity index (χ3v) is 4.77. The molecule has 2 aromatic rings. The molecule has 0 amide bonds. The fourth-order valence-electron chi connectivity index (χ4n) is 1.46. The van der Waals surface area contributed by atoms with Crippen molar-refractivity contribution in [2.24, 2.45) is 12.8 Å². The van der Waals surface area contributed by atoms with Crippen molar-refractivity contribution in [1.29, 1.82) is 0 Å². The molecule has 0 saturated heterocycles. The normalized spacial score (nSPS) is 12.7. The molecule has 0 radical (unpaired) electrons. The molecule has 0 aliphatic heterocycles. The second kappa shape index (κ2) is 5.42. The van der Waals surface area contributed by atoms with Crippen molar-refractivity contribution in [2.45, 2.75) is 29.9 Å². The number of nitrogens with two attached hydrogens (primary N) is 1. The Bertz CT molecular complexity index is 565. The van der Waals surface area contributed by atoms with Gasteiger partial charge in [-0.3, -0.25) is 0 Å². The molecule has 0 bridgehead atoms. The predicted octanol–water partition coefficient (Wildman–Crippen LogP) is 3.06. The Kier molecular flexibility index (Phi) is 4.09. The van der Waals surface area contributed by atoms with Gasteiger partial charge in [0.2, 0.25) is 0 Å². The minimum atomic E-state index is 0.0393. The van der Waals surface area contributed by atoms with Gasteiger partial charge in [-0.05, 0) is 59.2 Å². The van der Waals surface area contributed by atoms with Crippen LogP contribution in [0.4, 0.5) is 0 Å². The molecule has 0 saturated carbocycles. The van der Waals surface area contributed by atoms with Crippen LogP contribution in [0.2, 0.25) is 0 Å². The molecule has 4 nitrogen and oxygen atoms in total. The van der Waals surface area contributed by atoms with Gasteiger partial charge in [0, 0.05) is 22.5 Å². The zero-order chi connectivity index (χ0) is 13.3. The van der Waals surface area contributed by atoms with E-state index in [9.17, 15) is 0 Å². The van der Waals surface area contributed by atoms with Crippen LogP contribution in [0.1, 0.15) is 24.4 Å². The van der Waals surface area contributed by atoms with Gasteiger partial charge in [-0.15, -0.1) is 10.2 Å². The SMILES string of the molecule is Cc1nnc(Sc2ccc(C(C)N)cc2Br)n1C. The van der Waals surface area contributed by atoms with Crippen molar-refractivity contribution >= 4 is 27.7 Å². The lowest BCUT2D eigenvalue weighted by Gasteiger charge is -2.09. The average molecular weight is 327 g/mol. The highest BCUT2D eigenvalue weighted by molar-refractivity contribution is 9.10. The molecule has 1 atom stereocenters. The van der Waals surface area contributed by atoms with E-state index >= 15 is 0 Å². The zero-order valence-electron chi connectivity index (χ0n) is 10.5. The number of benzene rings is 1. The smallest absolute Gasteiger partial charge is 0.195 e. The van der Waals surface area contributed by atoms with E-state index in [1.165, 1.54) is 0 Å². The van der Waals surface area contributed by atoms with Crippen molar-refractivity contribution < 1.29 is 0 Å². The lowest BCUT2D eigenvalue weighted by molar-refractivity contribution is 0.765. The summed E-state index contributed by atoms with van der Waals surface area (Å²) in [5.74, 6) is 0.904. The van der Waals surface area contributed by atoms with Crippen LogP contribution in [0.3, 0.4) is 0 Å². The molecule has 0 fully saturated rings. The maximum absolute atomic E-state index is 5.86. The van der Waals surface area contributed by atoms with Crippen molar-refractivity contribution in [3.8, 4) is 0 Å². The van der Waals surface area contributed by atoms with Crippen molar-refractivity contribution in [3.63, 3.8) is 0 Å². The highest BCUT2D eigenvalue weighted by Crippen LogP contribution is 2.33. The quantitative estimate of drug-likeness (QED) is 0.941. The summed E-state index contributed by atoms with van der Waals surface area (Å²) in [6.07, 6.45) is 0. The Morgan fingerprint density at radius 1 is 1.39 bits per heavy atom. The lowest BCUT2D eigenvalue weighted by atomic mass is 10.1. The first-order valence-corrected chi connectivity index (χ1v) is 7.19. The highest BCUT2D eigenvalue weighted by Gasteiger charge is 2.10. The van der Waals surface area contributed by atoms with Crippen molar-refractivity contribution in [1.82, 2.24) is 14.8 Å². The van der Waals surface area contributed by atoms with Crippen molar-refractivity contribution in [3.05, 3.63) is 34.1 Å². The van der Waals surface area contributed by atoms with Gasteiger partial charge < -0.3 is 10.3 Å². The Morgan fingerprint density at radius 2 is 2.11 bits per heavy atom. The fraction of sp³-hybridized carbons (Fsp3) is 0.333. The van der Waals surface area contributed by atoms with Gasteiger partial charge in [-0.2, -0.15) is 0 Å². The van der Waals surface area contributed by atoms with Gasteiger partial charge in [-0.25, -0.2) is 0 Å². The zero-order valence-corrected chi connectivity index (χ0v) is 12.9. The number of aryl methyl sites for hydroxylation is 1. The van der Waals surface area contributed by atoms with Crippen LogP contribution in [0.5, 0.6) is 0 Å². The number of nitrogens with zero attached hydrogens (tertiary/aromatic N) is 3. The molecule has 1 unspecified atom stereocenters. The van der Waals surface area contributed by atoms with Gasteiger partial charge in [0.05, 0.1) is 0 Å². The third kappa shape index (κ3) is 2.76. The molecule has 0 spiro atoms. The van der Waals surface area contributed by atoms with E-state index in [-0.39, 0.29) is 6.04 Å². The molecular weight excluding hydrogens is 312 g/mol. The maximum atomic E-state index is 5.86. The summed E-state index contributed by atoms with van der Waals surface area (Å²) < 4.78 is 3.00. The number of hydrogen-bond acceptors (Lipinski definition) is 4. The molecule has 1 aromatic carbocycles. The standard InChI is InChI=1S/C12H15BrN4S/c1-7(14)9-4-5-11(10(13)6-9)18-12-16-15-8(2)17(12)3/h4-7H,14H2,1-3H3. The van der Waals surface area contributed by atoms with E-state index in [0.717, 1.165) is 25.9 Å². The van der Waals surface area contributed by atoms with E-state index in [1.54, 1.807) is 11.8 Å². The van der Waals surface area contributed by atoms with E-state index in [1.807, 2.05) is 31.5 Å². The molecule has 0 aliphatic rings. The topological polar surface area (TPSA) is 56.7 Å². The monoisotopic (exact) mass is 326 g/mol. The summed E-state index contributed by atoms with van der Waals surface area (Å²) in [5, 5.41) is 9.06. The Morgan fingerprint density at radius 3 is 2.61 bits per heavy atom. The first kappa shape index (κ1) is 13.6. The number of aromatic nitrogens is 3. The van der Waals surface area contributed by atoms with E-state index in [2.05, 4.69) is 38.3 Å². The van der Waals surface area contributed by atoms with E-state index < -0.39 is 0 Å². The molecule has 6 heteroatoms. The van der Waals surface area contributed by atoms with Crippen LogP contribution in [0.25, 0.3) is 0 Å². The van der Waals surface area contributed by atoms with Crippen LogP contribution in [0, 0.1) is 6.92 Å². The summed E-state index contributed by atoms with van der Waals surface area (Å²) in [5.41, 5.74) is 6.97. The molecule has 1 aromatic heterocycles. The number of halogens is 1. The van der Waals surface area contributed by atoms with Crippen LogP contribution < -0.4 is 5.73 Å². The van der Waals surface area contributed by atoms with E-state index in [4.69, 9.17) is 5.73 Å². The Hall–Kier alpha value is -0.850. The number of hydrogen-bond donors (Lipinski definition) is 1. The summed E-state index contributed by atoms with van der Waals surface area (Å²) in [6.45, 7) is 3.91. The van der Waals surface area contributed by atoms with Crippen LogP contribution in [0.15, 0.2) is 32.7 Å². The predicted molar refractivity (Wildman–Crippen MR) is 76.6 cm³/mol. The Labute approximate surface area is 119 Å². The second-order valence-corrected chi connectivity index (χ2v) is 6.03. The van der Waals surface area contributed by atoms with Crippen LogP contribution in [-0.4, -0.2) is 14.8 Å². The molecular formula is C12H15BrN4S. The maximum Gasteiger partial charge on any atom is 0.195 e. The summed E-state index contributed by atoms with van der Waals surface area (Å²) in [6, 6.07) is 6.19. The molecule has 1 heterocycles. The highest BCUT2D eigenvalue weighted by atomic mass is 79.9. The molecule has 2 rings (SSSR count). The number of rotatable bonds is 3. The van der Waals surface area contributed by atoms with Crippen molar-refractivity contribution in [2.75, 3.05) is 0 Å². The lowest BCUT2D eigenvalue weighted by Crippen LogP contribution is -2.04.